The van der Waals surface area contributed by atoms with Crippen LogP contribution in [0.2, 0.25) is 0 Å². The second-order valence-electron chi connectivity index (χ2n) is 5.69. The van der Waals surface area contributed by atoms with Gasteiger partial charge in [-0.15, -0.1) is 0 Å². The van der Waals surface area contributed by atoms with Gasteiger partial charge in [-0.25, -0.2) is 0 Å². The molecule has 4 heteroatoms. The summed E-state index contributed by atoms with van der Waals surface area (Å²) < 4.78 is 0. The van der Waals surface area contributed by atoms with Gasteiger partial charge in [0.15, 0.2) is 0 Å². The largest absolute Gasteiger partial charge is 0.509 e. The first-order chi connectivity index (χ1) is 12.1. The SMILES string of the molecule is C=C(O)/C=C\CC1=CCC(N)CC1.C=N.O=CCCc1ccccc1. The number of carbonyl (C=O) groups is 1. The maximum Gasteiger partial charge on any atom is 0.120 e. The average Bonchev–Trinajstić information content (AvgIpc) is 2.64. The average molecular weight is 342 g/mol. The van der Waals surface area contributed by atoms with Gasteiger partial charge < -0.3 is 21.0 Å². The molecule has 1 unspecified atom stereocenters. The number of rotatable bonds is 6. The predicted octanol–water partition coefficient (Wildman–Crippen LogP) is 4.53. The molecule has 1 atom stereocenters. The molecule has 0 aromatic heterocycles. The first kappa shape index (κ1) is 22.5. The molecule has 0 saturated heterocycles. The van der Waals surface area contributed by atoms with Crippen molar-refractivity contribution in [3.8, 4) is 0 Å². The van der Waals surface area contributed by atoms with Crippen LogP contribution in [0, 0.1) is 5.41 Å². The van der Waals surface area contributed by atoms with Gasteiger partial charge in [0.1, 0.15) is 12.0 Å². The van der Waals surface area contributed by atoms with Crippen molar-refractivity contribution in [3.63, 3.8) is 0 Å². The van der Waals surface area contributed by atoms with Gasteiger partial charge >= 0.3 is 0 Å². The Bertz CT molecular complexity index is 550. The third kappa shape index (κ3) is 12.6. The lowest BCUT2D eigenvalue weighted by Gasteiger charge is -2.16. The highest BCUT2D eigenvalue weighted by Gasteiger charge is 2.08. The minimum atomic E-state index is 0.119. The fourth-order valence-corrected chi connectivity index (χ4v) is 2.31. The summed E-state index contributed by atoms with van der Waals surface area (Å²) in [5.74, 6) is 0.119. The van der Waals surface area contributed by atoms with E-state index in [4.69, 9.17) is 16.2 Å². The highest BCUT2D eigenvalue weighted by atomic mass is 16.3. The summed E-state index contributed by atoms with van der Waals surface area (Å²) in [4.78, 5) is 9.98. The number of benzene rings is 1. The van der Waals surface area contributed by atoms with E-state index >= 15 is 0 Å². The van der Waals surface area contributed by atoms with Crippen molar-refractivity contribution >= 4 is 13.0 Å². The molecule has 0 aliphatic heterocycles. The summed E-state index contributed by atoms with van der Waals surface area (Å²) in [6.07, 6.45) is 12.3. The Hall–Kier alpha value is -2.46. The molecule has 0 saturated carbocycles. The topological polar surface area (TPSA) is 87.2 Å². The molecule has 4 N–H and O–H groups in total. The van der Waals surface area contributed by atoms with Crippen LogP contribution in [-0.4, -0.2) is 24.2 Å². The Balaban J connectivity index is 0.000000430. The van der Waals surface area contributed by atoms with Gasteiger partial charge in [-0.3, -0.25) is 0 Å². The van der Waals surface area contributed by atoms with Crippen molar-refractivity contribution in [1.82, 2.24) is 0 Å². The summed E-state index contributed by atoms with van der Waals surface area (Å²) >= 11 is 0. The molecular weight excluding hydrogens is 312 g/mol. The predicted molar refractivity (Wildman–Crippen MR) is 106 cm³/mol. The van der Waals surface area contributed by atoms with Crippen LogP contribution in [0.4, 0.5) is 0 Å². The maximum atomic E-state index is 9.98. The molecule has 0 amide bonds. The van der Waals surface area contributed by atoms with Crippen LogP contribution in [0.25, 0.3) is 0 Å². The van der Waals surface area contributed by atoms with Crippen LogP contribution < -0.4 is 5.73 Å². The molecule has 1 aromatic carbocycles. The third-order valence-electron chi connectivity index (χ3n) is 3.63. The zero-order valence-electron chi connectivity index (χ0n) is 14.9. The summed E-state index contributed by atoms with van der Waals surface area (Å²) in [7, 11) is 0. The van der Waals surface area contributed by atoms with E-state index in [9.17, 15) is 4.79 Å². The van der Waals surface area contributed by atoms with Crippen LogP contribution in [0.5, 0.6) is 0 Å². The van der Waals surface area contributed by atoms with Gasteiger partial charge in [-0.2, -0.15) is 0 Å². The molecule has 0 fully saturated rings. The smallest absolute Gasteiger partial charge is 0.120 e. The molecule has 1 aliphatic carbocycles. The normalized spacial score (nSPS) is 15.9. The van der Waals surface area contributed by atoms with E-state index in [1.807, 2.05) is 36.4 Å². The van der Waals surface area contributed by atoms with Crippen LogP contribution in [0.3, 0.4) is 0 Å². The summed E-state index contributed by atoms with van der Waals surface area (Å²) in [5, 5.41) is 14.3. The van der Waals surface area contributed by atoms with Crippen molar-refractivity contribution in [2.45, 2.75) is 44.6 Å². The molecule has 0 spiro atoms. The lowest BCUT2D eigenvalue weighted by molar-refractivity contribution is -0.107. The second-order valence-corrected chi connectivity index (χ2v) is 5.69. The van der Waals surface area contributed by atoms with Crippen molar-refractivity contribution < 1.29 is 9.90 Å². The van der Waals surface area contributed by atoms with Gasteiger partial charge in [0.05, 0.1) is 0 Å². The van der Waals surface area contributed by atoms with Crippen molar-refractivity contribution in [1.29, 1.82) is 5.41 Å². The minimum Gasteiger partial charge on any atom is -0.509 e. The molecule has 0 bridgehead atoms. The lowest BCUT2D eigenvalue weighted by atomic mass is 9.94. The van der Waals surface area contributed by atoms with Gasteiger partial charge in [0.2, 0.25) is 0 Å². The number of allylic oxidation sites excluding steroid dienone is 3. The highest BCUT2D eigenvalue weighted by molar-refractivity contribution is 5.49. The lowest BCUT2D eigenvalue weighted by Crippen LogP contribution is -2.21. The molecule has 0 radical (unpaired) electrons. The number of aldehydes is 1. The Morgan fingerprint density at radius 2 is 2.00 bits per heavy atom. The van der Waals surface area contributed by atoms with Gasteiger partial charge in [0, 0.05) is 12.5 Å². The quantitative estimate of drug-likeness (QED) is 0.233. The summed E-state index contributed by atoms with van der Waals surface area (Å²) in [6.45, 7) is 5.88. The van der Waals surface area contributed by atoms with E-state index in [1.54, 1.807) is 6.08 Å². The van der Waals surface area contributed by atoms with Crippen molar-refractivity contribution in [2.75, 3.05) is 0 Å². The van der Waals surface area contributed by atoms with Crippen LogP contribution in [0.1, 0.15) is 37.7 Å². The van der Waals surface area contributed by atoms with E-state index in [-0.39, 0.29) is 5.76 Å². The number of aryl methyl sites for hydroxylation is 1. The molecule has 1 aliphatic rings. The van der Waals surface area contributed by atoms with Crippen LogP contribution >= 0.6 is 0 Å². The fraction of sp³-hybridized carbons (Fsp3) is 0.333. The molecule has 4 nitrogen and oxygen atoms in total. The van der Waals surface area contributed by atoms with Crippen LogP contribution in [0.15, 0.2) is 66.5 Å². The number of aliphatic hydroxyl groups excluding tert-OH is 1. The highest BCUT2D eigenvalue weighted by Crippen LogP contribution is 2.19. The standard InChI is InChI=1S/C11H17NO.C9H10O.CH3N/c1-9(13)3-2-4-10-5-7-11(12)8-6-10;10-8-4-7-9-5-2-1-3-6-9;1-2/h2-3,5,11,13H,1,4,6-8,12H2;1-3,5-6,8H,4,7H2;2H,1H2/b3-2-;;. The van der Waals surface area contributed by atoms with Crippen LogP contribution in [-0.2, 0) is 11.2 Å². The number of nitrogens with two attached hydrogens (primary N) is 1. The Labute approximate surface area is 151 Å². The third-order valence-corrected chi connectivity index (χ3v) is 3.63. The number of carbonyl (C=O) groups excluding carboxylic acids is 1. The fourth-order valence-electron chi connectivity index (χ4n) is 2.31. The molecule has 136 valence electrons. The second kappa shape index (κ2) is 15.1. The summed E-state index contributed by atoms with van der Waals surface area (Å²) in [6, 6.07) is 10.4. The van der Waals surface area contributed by atoms with E-state index in [2.05, 4.69) is 19.4 Å². The molecule has 0 heterocycles. The molecule has 2 rings (SSSR count). The van der Waals surface area contributed by atoms with Gasteiger partial charge in [0.25, 0.3) is 0 Å². The first-order valence-corrected chi connectivity index (χ1v) is 8.42. The van der Waals surface area contributed by atoms with E-state index in [1.165, 1.54) is 11.1 Å². The van der Waals surface area contributed by atoms with E-state index in [0.29, 0.717) is 12.5 Å². The number of aliphatic hydroxyl groups is 1. The number of hydrogen-bond donors (Lipinski definition) is 3. The van der Waals surface area contributed by atoms with Crippen molar-refractivity contribution in [2.24, 2.45) is 5.73 Å². The Kier molecular flexibility index (Phi) is 13.6. The van der Waals surface area contributed by atoms with E-state index < -0.39 is 0 Å². The number of nitrogens with one attached hydrogen (secondary N) is 1. The van der Waals surface area contributed by atoms with Crippen molar-refractivity contribution in [3.05, 3.63) is 72.0 Å². The monoisotopic (exact) mass is 342 g/mol. The minimum absolute atomic E-state index is 0.119. The van der Waals surface area contributed by atoms with Gasteiger partial charge in [-0.05, 0) is 50.5 Å². The first-order valence-electron chi connectivity index (χ1n) is 8.42. The Morgan fingerprint density at radius 1 is 1.32 bits per heavy atom. The molecular formula is C21H30N2O2. The molecule has 1 aromatic rings. The maximum absolute atomic E-state index is 9.98. The summed E-state index contributed by atoms with van der Waals surface area (Å²) in [5.41, 5.74) is 8.40. The van der Waals surface area contributed by atoms with Gasteiger partial charge in [-0.1, -0.05) is 54.6 Å². The van der Waals surface area contributed by atoms with E-state index in [0.717, 1.165) is 38.4 Å². The zero-order valence-corrected chi connectivity index (χ0v) is 14.9. The molecule has 25 heavy (non-hydrogen) atoms. The number of hydrogen-bond acceptors (Lipinski definition) is 4. The zero-order chi connectivity index (χ0) is 18.9. The Morgan fingerprint density at radius 3 is 2.52 bits per heavy atom.